The van der Waals surface area contributed by atoms with Crippen molar-refractivity contribution in [2.24, 2.45) is 0 Å². The van der Waals surface area contributed by atoms with Crippen LogP contribution in [-0.4, -0.2) is 78.5 Å². The van der Waals surface area contributed by atoms with Crippen molar-refractivity contribution in [1.82, 2.24) is 0 Å². The molecular formula is C38H16B10S. The minimum atomic E-state index is 0.154. The molecule has 6 aromatic carbocycles. The van der Waals surface area contributed by atoms with Crippen LogP contribution in [0, 0.1) is 0 Å². The van der Waals surface area contributed by atoms with Crippen LogP contribution in [0.1, 0.15) is 11.1 Å². The van der Waals surface area contributed by atoms with Crippen molar-refractivity contribution in [2.75, 3.05) is 0 Å². The predicted molar refractivity (Wildman–Crippen MR) is 227 cm³/mol. The summed E-state index contributed by atoms with van der Waals surface area (Å²) in [5.41, 5.74) is 8.41. The first-order valence-electron chi connectivity index (χ1n) is 15.2. The molecule has 20 radical (unpaired) electrons. The minimum Gasteiger partial charge on any atom is -0.135 e. The minimum absolute atomic E-state index is 0.154. The van der Waals surface area contributed by atoms with E-state index < -0.39 is 0 Å². The predicted octanol–water partition coefficient (Wildman–Crippen LogP) is -0.567. The zero-order chi connectivity index (χ0) is 35.0. The molecule has 0 saturated heterocycles. The van der Waals surface area contributed by atoms with Crippen LogP contribution in [0.5, 0.6) is 0 Å². The quantitative estimate of drug-likeness (QED) is 0.229. The topological polar surface area (TPSA) is 0 Å². The second kappa shape index (κ2) is 12.4. The zero-order valence-corrected chi connectivity index (χ0v) is 27.3. The Bertz CT molecular complexity index is 2540. The van der Waals surface area contributed by atoms with Gasteiger partial charge in [0.15, 0.2) is 0 Å². The Morgan fingerprint density at radius 1 is 0.388 bits per heavy atom. The number of thiophene rings is 1. The average molecular weight is 613 g/mol. The molecule has 0 aliphatic heterocycles. The molecule has 204 valence electrons. The first kappa shape index (κ1) is 33.4. The van der Waals surface area contributed by atoms with E-state index in [1.165, 1.54) is 0 Å². The van der Waals surface area contributed by atoms with E-state index >= 15 is 0 Å². The second-order valence-corrected chi connectivity index (χ2v) is 13.0. The molecule has 0 N–H and O–H groups in total. The summed E-state index contributed by atoms with van der Waals surface area (Å²) in [6.07, 6.45) is 3.60. The van der Waals surface area contributed by atoms with Crippen molar-refractivity contribution >= 4 is 188 Å². The highest BCUT2D eigenvalue weighted by atomic mass is 32.1. The largest absolute Gasteiger partial charge is 0.135 e. The molecule has 0 aliphatic rings. The number of benzene rings is 6. The van der Waals surface area contributed by atoms with Crippen molar-refractivity contribution in [3.63, 3.8) is 0 Å². The Labute approximate surface area is 304 Å². The Morgan fingerprint density at radius 3 is 1.39 bits per heavy atom. The molecule has 0 aliphatic carbocycles. The maximum atomic E-state index is 6.60. The van der Waals surface area contributed by atoms with Crippen molar-refractivity contribution in [2.45, 2.75) is 0 Å². The monoisotopic (exact) mass is 614 g/mol. The third-order valence-corrected chi connectivity index (χ3v) is 10.5. The average Bonchev–Trinajstić information content (AvgIpc) is 3.48. The summed E-state index contributed by atoms with van der Waals surface area (Å²) in [5, 5.41) is 3.99. The smallest absolute Gasteiger partial charge is 0.113 e. The second-order valence-electron chi connectivity index (χ2n) is 11.9. The maximum Gasteiger partial charge on any atom is 0.113 e. The Morgan fingerprint density at radius 2 is 0.837 bits per heavy atom. The molecule has 7 rings (SSSR count). The van der Waals surface area contributed by atoms with E-state index in [0.29, 0.717) is 22.1 Å². The summed E-state index contributed by atoms with van der Waals surface area (Å²) in [4.78, 5) is 0. The fraction of sp³-hybridized carbons (Fsp3) is 0. The molecular weight excluding hydrogens is 597 g/mol. The van der Waals surface area contributed by atoms with E-state index in [0.717, 1.165) is 64.3 Å². The van der Waals surface area contributed by atoms with E-state index in [9.17, 15) is 0 Å². The lowest BCUT2D eigenvalue weighted by atomic mass is 9.59. The van der Waals surface area contributed by atoms with Crippen LogP contribution in [0.3, 0.4) is 0 Å². The van der Waals surface area contributed by atoms with Gasteiger partial charge in [-0.1, -0.05) is 89.6 Å². The van der Waals surface area contributed by atoms with Gasteiger partial charge in [0.05, 0.1) is 0 Å². The Kier molecular flexibility index (Phi) is 8.43. The van der Waals surface area contributed by atoms with Gasteiger partial charge in [-0.05, 0) is 73.5 Å². The van der Waals surface area contributed by atoms with E-state index in [2.05, 4.69) is 43.5 Å². The summed E-state index contributed by atoms with van der Waals surface area (Å²) in [7, 11) is 63.1. The zero-order valence-electron chi connectivity index (χ0n) is 26.5. The highest BCUT2D eigenvalue weighted by Crippen LogP contribution is 2.44. The van der Waals surface area contributed by atoms with Gasteiger partial charge in [-0.3, -0.25) is 0 Å². The van der Waals surface area contributed by atoms with Gasteiger partial charge < -0.3 is 0 Å². The summed E-state index contributed by atoms with van der Waals surface area (Å²) in [6, 6.07) is 20.5. The fourth-order valence-electron chi connectivity index (χ4n) is 6.85. The third-order valence-electron chi connectivity index (χ3n) is 9.40. The van der Waals surface area contributed by atoms with E-state index in [1.54, 1.807) is 17.4 Å². The third kappa shape index (κ3) is 4.95. The lowest BCUT2D eigenvalue weighted by molar-refractivity contribution is 1.62. The van der Waals surface area contributed by atoms with Crippen LogP contribution >= 0.6 is 11.3 Å². The number of hydrogen-bond acceptors (Lipinski definition) is 1. The summed E-state index contributed by atoms with van der Waals surface area (Å²) in [5.74, 6) is 0. The van der Waals surface area contributed by atoms with Crippen molar-refractivity contribution in [3.05, 3.63) is 84.9 Å². The first-order chi connectivity index (χ1) is 23.4. The van der Waals surface area contributed by atoms with Gasteiger partial charge in [0.2, 0.25) is 0 Å². The lowest BCUT2D eigenvalue weighted by Crippen LogP contribution is -2.55. The Balaban J connectivity index is 1.49. The van der Waals surface area contributed by atoms with Crippen molar-refractivity contribution in [1.29, 1.82) is 0 Å². The molecule has 0 bridgehead atoms. The molecule has 11 heteroatoms. The van der Waals surface area contributed by atoms with Gasteiger partial charge in [-0.15, -0.1) is 44.1 Å². The highest BCUT2D eigenvalue weighted by molar-refractivity contribution is 7.25. The van der Waals surface area contributed by atoms with Gasteiger partial charge in [-0.25, -0.2) is 0 Å². The molecule has 0 nitrogen and oxygen atoms in total. The van der Waals surface area contributed by atoms with Crippen LogP contribution in [0.2, 0.25) is 0 Å². The molecule has 0 fully saturated rings. The van der Waals surface area contributed by atoms with Gasteiger partial charge in [0, 0.05) is 20.2 Å². The molecule has 0 amide bonds. The summed E-state index contributed by atoms with van der Waals surface area (Å²) >= 11 is 1.66. The molecule has 0 atom stereocenters. The number of fused-ring (bicyclic) bond motifs is 4. The van der Waals surface area contributed by atoms with Crippen molar-refractivity contribution < 1.29 is 0 Å². The van der Waals surface area contributed by atoms with Crippen LogP contribution in [-0.2, 0) is 0 Å². The first-order valence-corrected chi connectivity index (χ1v) is 16.1. The summed E-state index contributed by atoms with van der Waals surface area (Å²) < 4.78 is 2.14. The van der Waals surface area contributed by atoms with Gasteiger partial charge >= 0.3 is 0 Å². The van der Waals surface area contributed by atoms with Crippen LogP contribution < -0.4 is 54.6 Å². The lowest BCUT2D eigenvalue weighted by Gasteiger charge is -2.26. The van der Waals surface area contributed by atoms with Gasteiger partial charge in [0.25, 0.3) is 0 Å². The van der Waals surface area contributed by atoms with E-state index in [4.69, 9.17) is 78.5 Å². The van der Waals surface area contributed by atoms with Gasteiger partial charge in [0.1, 0.15) is 78.5 Å². The number of hydrogen-bond donors (Lipinski definition) is 0. The Hall–Kier alpha value is -4.07. The molecule has 1 heterocycles. The van der Waals surface area contributed by atoms with Crippen LogP contribution in [0.15, 0.2) is 73.8 Å². The van der Waals surface area contributed by atoms with E-state index in [-0.39, 0.29) is 43.7 Å². The molecule has 1 aromatic heterocycles. The number of rotatable bonds is 5. The van der Waals surface area contributed by atoms with Crippen LogP contribution in [0.25, 0.3) is 76.5 Å². The maximum absolute atomic E-state index is 6.60. The molecule has 0 saturated carbocycles. The highest BCUT2D eigenvalue weighted by Gasteiger charge is 2.23. The van der Waals surface area contributed by atoms with Crippen LogP contribution in [0.4, 0.5) is 0 Å². The molecule has 0 spiro atoms. The molecule has 7 aromatic rings. The SMILES string of the molecule is [B]c1c([B])c([B])c(-c2ccc3c(c2)sc2ccc(-c4c(C=C)c(C=C)c(-c5c([B])c([B])c([B])c([B])c5[B])c5ccccc45)cc23)c([B])c1[B]. The standard InChI is InChI=1S/C38H16B10S/c1-3-17-18(4-2)27(28-31(41)35(45)38(48)36(46)32(28)42)21-8-6-5-7-20(21)25(17)15-10-12-23-22(13-15)19-11-9-16(14-24(19)49-23)26-29(39)33(43)37(47)34(44)30(26)40/h3-14H,1-2H2. The molecule has 0 unspecified atom stereocenters. The molecule has 49 heavy (non-hydrogen) atoms. The normalized spacial score (nSPS) is 11.4. The van der Waals surface area contributed by atoms with E-state index in [1.807, 2.05) is 36.4 Å². The van der Waals surface area contributed by atoms with Gasteiger partial charge in [-0.2, -0.15) is 0 Å². The van der Waals surface area contributed by atoms with Crippen molar-refractivity contribution in [3.8, 4) is 33.4 Å². The summed E-state index contributed by atoms with van der Waals surface area (Å²) in [6.45, 7) is 8.39. The fourth-order valence-corrected chi connectivity index (χ4v) is 7.98.